The predicted molar refractivity (Wildman–Crippen MR) is 74.6 cm³/mol. The molecule has 0 bridgehead atoms. The van der Waals surface area contributed by atoms with E-state index in [-0.39, 0.29) is 5.54 Å². The van der Waals surface area contributed by atoms with Crippen molar-refractivity contribution in [3.05, 3.63) is 24.5 Å². The van der Waals surface area contributed by atoms with Crippen LogP contribution in [0.15, 0.2) is 24.5 Å². The Hall–Kier alpha value is -1.09. The molecule has 3 rings (SSSR count). The molecule has 3 nitrogen and oxygen atoms in total. The highest BCUT2D eigenvalue weighted by Gasteiger charge is 2.46. The maximum atomic E-state index is 4.10. The van der Waals surface area contributed by atoms with Gasteiger partial charge in [0.1, 0.15) is 0 Å². The summed E-state index contributed by atoms with van der Waals surface area (Å²) in [5.41, 5.74) is 1.49. The van der Waals surface area contributed by atoms with E-state index in [1.54, 1.807) is 0 Å². The fraction of sp³-hybridized carbons (Fsp3) is 0.667. The fourth-order valence-corrected chi connectivity index (χ4v) is 3.39. The van der Waals surface area contributed by atoms with E-state index >= 15 is 0 Å². The van der Waals surface area contributed by atoms with Crippen molar-refractivity contribution in [1.29, 1.82) is 0 Å². The quantitative estimate of drug-likeness (QED) is 0.856. The Morgan fingerprint density at radius 2 is 1.72 bits per heavy atom. The Balaban J connectivity index is 1.77. The van der Waals surface area contributed by atoms with Crippen LogP contribution in [0.4, 0.5) is 5.69 Å². The van der Waals surface area contributed by atoms with Crippen molar-refractivity contribution in [2.45, 2.75) is 38.1 Å². The van der Waals surface area contributed by atoms with Crippen LogP contribution in [-0.4, -0.2) is 23.6 Å². The van der Waals surface area contributed by atoms with Crippen LogP contribution in [0.3, 0.4) is 0 Å². The third-order valence-electron chi connectivity index (χ3n) is 4.71. The number of anilines is 1. The lowest BCUT2D eigenvalue weighted by Crippen LogP contribution is -2.49. The SMILES string of the molecule is CC(Nc1ccncc1)(C1CCNCC1)C1CC1. The van der Waals surface area contributed by atoms with Crippen molar-refractivity contribution in [2.75, 3.05) is 18.4 Å². The summed E-state index contributed by atoms with van der Waals surface area (Å²) < 4.78 is 0. The molecule has 1 aromatic heterocycles. The summed E-state index contributed by atoms with van der Waals surface area (Å²) in [5.74, 6) is 1.65. The molecule has 18 heavy (non-hydrogen) atoms. The first kappa shape index (κ1) is 12.0. The van der Waals surface area contributed by atoms with Gasteiger partial charge in [0.2, 0.25) is 0 Å². The smallest absolute Gasteiger partial charge is 0.0402 e. The largest absolute Gasteiger partial charge is 0.379 e. The Labute approximate surface area is 109 Å². The van der Waals surface area contributed by atoms with Gasteiger partial charge in [-0.1, -0.05) is 0 Å². The molecule has 0 spiro atoms. The van der Waals surface area contributed by atoms with E-state index in [2.05, 4.69) is 34.7 Å². The molecule has 1 atom stereocenters. The lowest BCUT2D eigenvalue weighted by molar-refractivity contribution is 0.227. The Bertz CT molecular complexity index is 382. The van der Waals surface area contributed by atoms with Gasteiger partial charge in [-0.15, -0.1) is 0 Å². The van der Waals surface area contributed by atoms with E-state index in [4.69, 9.17) is 0 Å². The van der Waals surface area contributed by atoms with Crippen LogP contribution in [0.1, 0.15) is 32.6 Å². The van der Waals surface area contributed by atoms with Crippen LogP contribution in [0.5, 0.6) is 0 Å². The molecule has 1 aliphatic heterocycles. The van der Waals surface area contributed by atoms with E-state index in [1.807, 2.05) is 12.4 Å². The van der Waals surface area contributed by atoms with Crippen LogP contribution in [0.25, 0.3) is 0 Å². The molecule has 1 aromatic rings. The second-order valence-corrected chi connectivity index (χ2v) is 5.94. The number of nitrogens with zero attached hydrogens (tertiary/aromatic N) is 1. The van der Waals surface area contributed by atoms with Crippen molar-refractivity contribution < 1.29 is 0 Å². The number of aromatic nitrogens is 1. The molecule has 1 unspecified atom stereocenters. The lowest BCUT2D eigenvalue weighted by atomic mass is 9.76. The maximum absolute atomic E-state index is 4.10. The van der Waals surface area contributed by atoms with Crippen LogP contribution in [0, 0.1) is 11.8 Å². The first-order chi connectivity index (χ1) is 8.79. The molecule has 0 aromatic carbocycles. The van der Waals surface area contributed by atoms with Crippen LogP contribution >= 0.6 is 0 Å². The van der Waals surface area contributed by atoms with Gasteiger partial charge in [0, 0.05) is 23.6 Å². The predicted octanol–water partition coefficient (Wildman–Crippen LogP) is 2.66. The van der Waals surface area contributed by atoms with Crippen molar-refractivity contribution in [2.24, 2.45) is 11.8 Å². The molecule has 3 heteroatoms. The summed E-state index contributed by atoms with van der Waals surface area (Å²) in [6, 6.07) is 4.17. The van der Waals surface area contributed by atoms with Crippen LogP contribution < -0.4 is 10.6 Å². The minimum atomic E-state index is 0.267. The average Bonchev–Trinajstić information content (AvgIpc) is 3.25. The maximum Gasteiger partial charge on any atom is 0.0402 e. The highest BCUT2D eigenvalue weighted by Crippen LogP contribution is 2.47. The van der Waals surface area contributed by atoms with Gasteiger partial charge in [0.15, 0.2) is 0 Å². The van der Waals surface area contributed by atoms with Gasteiger partial charge in [-0.3, -0.25) is 4.98 Å². The number of pyridine rings is 1. The lowest BCUT2D eigenvalue weighted by Gasteiger charge is -2.42. The molecule has 0 radical (unpaired) electrons. The molecule has 2 aliphatic rings. The van der Waals surface area contributed by atoms with E-state index in [9.17, 15) is 0 Å². The highest BCUT2D eigenvalue weighted by molar-refractivity contribution is 5.44. The van der Waals surface area contributed by atoms with E-state index < -0.39 is 0 Å². The third kappa shape index (κ3) is 2.37. The van der Waals surface area contributed by atoms with Gasteiger partial charge in [-0.2, -0.15) is 0 Å². The molecule has 1 saturated heterocycles. The minimum Gasteiger partial charge on any atom is -0.379 e. The summed E-state index contributed by atoms with van der Waals surface area (Å²) in [7, 11) is 0. The minimum absolute atomic E-state index is 0.267. The van der Waals surface area contributed by atoms with E-state index in [1.165, 1.54) is 44.5 Å². The molecule has 2 heterocycles. The van der Waals surface area contributed by atoms with E-state index in [0.717, 1.165) is 11.8 Å². The Kier molecular flexibility index (Phi) is 3.25. The third-order valence-corrected chi connectivity index (χ3v) is 4.71. The monoisotopic (exact) mass is 245 g/mol. The topological polar surface area (TPSA) is 37.0 Å². The molecule has 2 N–H and O–H groups in total. The second-order valence-electron chi connectivity index (χ2n) is 5.94. The molecular formula is C15H23N3. The van der Waals surface area contributed by atoms with Crippen molar-refractivity contribution in [3.8, 4) is 0 Å². The number of hydrogen-bond donors (Lipinski definition) is 2. The first-order valence-corrected chi connectivity index (χ1v) is 7.18. The van der Waals surface area contributed by atoms with Crippen molar-refractivity contribution >= 4 is 5.69 Å². The van der Waals surface area contributed by atoms with Gasteiger partial charge < -0.3 is 10.6 Å². The number of nitrogens with one attached hydrogen (secondary N) is 2. The van der Waals surface area contributed by atoms with E-state index in [0.29, 0.717) is 0 Å². The van der Waals surface area contributed by atoms with Crippen molar-refractivity contribution in [3.63, 3.8) is 0 Å². The zero-order valence-electron chi connectivity index (χ0n) is 11.2. The zero-order chi connectivity index (χ0) is 12.4. The molecule has 1 saturated carbocycles. The van der Waals surface area contributed by atoms with Crippen molar-refractivity contribution in [1.82, 2.24) is 10.3 Å². The van der Waals surface area contributed by atoms with Gasteiger partial charge in [-0.05, 0) is 69.7 Å². The summed E-state index contributed by atoms with van der Waals surface area (Å²) in [5, 5.41) is 7.29. The molecule has 2 fully saturated rings. The summed E-state index contributed by atoms with van der Waals surface area (Å²) in [6.45, 7) is 4.77. The molecule has 1 aliphatic carbocycles. The van der Waals surface area contributed by atoms with Crippen LogP contribution in [-0.2, 0) is 0 Å². The molecule has 98 valence electrons. The molecular weight excluding hydrogens is 222 g/mol. The first-order valence-electron chi connectivity index (χ1n) is 7.18. The second kappa shape index (κ2) is 4.88. The normalized spacial score (nSPS) is 24.5. The zero-order valence-corrected chi connectivity index (χ0v) is 11.2. The average molecular weight is 245 g/mol. The summed E-state index contributed by atoms with van der Waals surface area (Å²) in [6.07, 6.45) is 9.11. The number of hydrogen-bond acceptors (Lipinski definition) is 3. The number of piperidine rings is 1. The highest BCUT2D eigenvalue weighted by atomic mass is 15.0. The fourth-order valence-electron chi connectivity index (χ4n) is 3.39. The Morgan fingerprint density at radius 3 is 2.33 bits per heavy atom. The summed E-state index contributed by atoms with van der Waals surface area (Å²) >= 11 is 0. The van der Waals surface area contributed by atoms with Crippen LogP contribution in [0.2, 0.25) is 0 Å². The van der Waals surface area contributed by atoms with Gasteiger partial charge in [-0.25, -0.2) is 0 Å². The summed E-state index contributed by atoms with van der Waals surface area (Å²) in [4.78, 5) is 4.10. The molecule has 0 amide bonds. The Morgan fingerprint density at radius 1 is 1.11 bits per heavy atom. The number of rotatable bonds is 4. The van der Waals surface area contributed by atoms with Gasteiger partial charge in [0.25, 0.3) is 0 Å². The standard InChI is InChI=1S/C15H23N3/c1-15(12-2-3-12,13-4-8-16-9-5-13)18-14-6-10-17-11-7-14/h6-7,10-13,16H,2-5,8-9H2,1H3,(H,17,18). The van der Waals surface area contributed by atoms with Gasteiger partial charge >= 0.3 is 0 Å². The van der Waals surface area contributed by atoms with Gasteiger partial charge in [0.05, 0.1) is 0 Å².